The average Bonchev–Trinajstić information content (AvgIpc) is 3.19. The van der Waals surface area contributed by atoms with Crippen molar-refractivity contribution in [3.8, 4) is 11.4 Å². The molecule has 2 N–H and O–H groups in total. The largest absolute Gasteiger partial charge is 0.398 e. The molecular formula is C23H30N6OS. The third-order valence-corrected chi connectivity index (χ3v) is 7.33. The van der Waals surface area contributed by atoms with E-state index >= 15 is 0 Å². The first-order chi connectivity index (χ1) is 15.1. The van der Waals surface area contributed by atoms with Crippen molar-refractivity contribution in [2.24, 2.45) is 0 Å². The Morgan fingerprint density at radius 3 is 2.55 bits per heavy atom. The van der Waals surface area contributed by atoms with E-state index in [-0.39, 0.29) is 0 Å². The second kappa shape index (κ2) is 8.70. The SMILES string of the molecule is Cc1ccc(-c2nc(N3CCOCC3)c3sc(CN4CCN(C)CC4)cc3n2)cc1N. The van der Waals surface area contributed by atoms with Crippen LogP contribution in [0.15, 0.2) is 24.3 Å². The molecule has 0 bridgehead atoms. The van der Waals surface area contributed by atoms with Gasteiger partial charge in [-0.2, -0.15) is 0 Å². The number of nitrogens with zero attached hydrogens (tertiary/aromatic N) is 5. The topological polar surface area (TPSA) is 70.8 Å². The molecule has 2 fully saturated rings. The summed E-state index contributed by atoms with van der Waals surface area (Å²) in [7, 11) is 2.19. The lowest BCUT2D eigenvalue weighted by molar-refractivity contribution is 0.122. The average molecular weight is 439 g/mol. The smallest absolute Gasteiger partial charge is 0.162 e. The molecule has 164 valence electrons. The third kappa shape index (κ3) is 4.39. The van der Waals surface area contributed by atoms with E-state index in [1.165, 1.54) is 9.58 Å². The molecule has 0 atom stereocenters. The summed E-state index contributed by atoms with van der Waals surface area (Å²) >= 11 is 1.83. The highest BCUT2D eigenvalue weighted by atomic mass is 32.1. The fourth-order valence-electron chi connectivity index (χ4n) is 4.17. The number of piperazine rings is 1. The molecule has 0 amide bonds. The van der Waals surface area contributed by atoms with E-state index in [2.05, 4.69) is 33.9 Å². The number of ether oxygens (including phenoxy) is 1. The number of benzene rings is 1. The van der Waals surface area contributed by atoms with E-state index in [1.54, 1.807) is 0 Å². The van der Waals surface area contributed by atoms with Crippen LogP contribution < -0.4 is 10.6 Å². The van der Waals surface area contributed by atoms with E-state index in [9.17, 15) is 0 Å². The summed E-state index contributed by atoms with van der Waals surface area (Å²) in [4.78, 5) is 18.6. The van der Waals surface area contributed by atoms with Gasteiger partial charge in [0.1, 0.15) is 0 Å². The lowest BCUT2D eigenvalue weighted by Crippen LogP contribution is -2.43. The first kappa shape index (κ1) is 20.6. The maximum atomic E-state index is 6.18. The molecule has 2 aliphatic heterocycles. The number of aromatic nitrogens is 2. The number of thiophene rings is 1. The highest BCUT2D eigenvalue weighted by Crippen LogP contribution is 2.35. The molecule has 0 radical (unpaired) electrons. The van der Waals surface area contributed by atoms with Gasteiger partial charge < -0.3 is 20.3 Å². The standard InChI is InChI=1S/C23H30N6OS/c1-16-3-4-17(13-19(16)24)22-25-20-14-18(15-28-7-5-27(2)6-8-28)31-21(20)23(26-22)29-9-11-30-12-10-29/h3-4,13-14H,5-12,15,24H2,1-2H3. The molecule has 7 nitrogen and oxygen atoms in total. The predicted molar refractivity (Wildman–Crippen MR) is 128 cm³/mol. The van der Waals surface area contributed by atoms with Gasteiger partial charge in [-0.1, -0.05) is 12.1 Å². The fraction of sp³-hybridized carbons (Fsp3) is 0.478. The Hall–Kier alpha value is -2.26. The summed E-state index contributed by atoms with van der Waals surface area (Å²) in [6, 6.07) is 8.34. The number of hydrogen-bond donors (Lipinski definition) is 1. The lowest BCUT2D eigenvalue weighted by atomic mass is 10.1. The van der Waals surface area contributed by atoms with Gasteiger partial charge in [0.05, 0.1) is 23.4 Å². The van der Waals surface area contributed by atoms with Crippen LogP contribution in [-0.4, -0.2) is 79.3 Å². The fourth-order valence-corrected chi connectivity index (χ4v) is 5.32. The summed E-state index contributed by atoms with van der Waals surface area (Å²) in [5.41, 5.74) is 10.0. The molecule has 0 spiro atoms. The second-order valence-corrected chi connectivity index (χ2v) is 9.68. The van der Waals surface area contributed by atoms with E-state index < -0.39 is 0 Å². The Morgan fingerprint density at radius 2 is 1.81 bits per heavy atom. The number of nitrogens with two attached hydrogens (primary N) is 1. The minimum atomic E-state index is 0.734. The number of fused-ring (bicyclic) bond motifs is 1. The number of rotatable bonds is 4. The van der Waals surface area contributed by atoms with Crippen LogP contribution >= 0.6 is 11.3 Å². The van der Waals surface area contributed by atoms with Gasteiger partial charge in [0.15, 0.2) is 11.6 Å². The summed E-state index contributed by atoms with van der Waals surface area (Å²) in [5, 5.41) is 0. The maximum absolute atomic E-state index is 6.18. The van der Waals surface area contributed by atoms with Crippen molar-refractivity contribution in [2.45, 2.75) is 13.5 Å². The summed E-state index contributed by atoms with van der Waals surface area (Å²) in [6.45, 7) is 10.7. The summed E-state index contributed by atoms with van der Waals surface area (Å²) < 4.78 is 6.76. The van der Waals surface area contributed by atoms with Gasteiger partial charge in [0.25, 0.3) is 0 Å². The van der Waals surface area contributed by atoms with Crippen LogP contribution in [0.3, 0.4) is 0 Å². The molecule has 0 saturated carbocycles. The highest BCUT2D eigenvalue weighted by molar-refractivity contribution is 7.19. The van der Waals surface area contributed by atoms with Crippen LogP contribution in [-0.2, 0) is 11.3 Å². The van der Waals surface area contributed by atoms with Crippen molar-refractivity contribution in [1.29, 1.82) is 0 Å². The van der Waals surface area contributed by atoms with Gasteiger partial charge in [-0.25, -0.2) is 9.97 Å². The van der Waals surface area contributed by atoms with Gasteiger partial charge in [-0.15, -0.1) is 11.3 Å². The zero-order valence-corrected chi connectivity index (χ0v) is 19.1. The molecular weight excluding hydrogens is 408 g/mol. The van der Waals surface area contributed by atoms with Crippen LogP contribution in [0, 0.1) is 6.92 Å². The molecule has 4 heterocycles. The van der Waals surface area contributed by atoms with Crippen molar-refractivity contribution < 1.29 is 4.74 Å². The second-order valence-electron chi connectivity index (χ2n) is 8.55. The molecule has 0 aliphatic carbocycles. The Kier molecular flexibility index (Phi) is 5.79. The first-order valence-corrected chi connectivity index (χ1v) is 11.8. The highest BCUT2D eigenvalue weighted by Gasteiger charge is 2.21. The number of likely N-dealkylation sites (N-methyl/N-ethyl adjacent to an activating group) is 1. The quantitative estimate of drug-likeness (QED) is 0.628. The molecule has 2 aromatic heterocycles. The number of hydrogen-bond acceptors (Lipinski definition) is 8. The molecule has 0 unspecified atom stereocenters. The van der Waals surface area contributed by atoms with Crippen molar-refractivity contribution in [1.82, 2.24) is 19.8 Å². The number of nitrogen functional groups attached to an aromatic ring is 1. The molecule has 8 heteroatoms. The van der Waals surface area contributed by atoms with E-state index in [1.807, 2.05) is 30.4 Å². The molecule has 3 aromatic rings. The molecule has 5 rings (SSSR count). The monoisotopic (exact) mass is 438 g/mol. The van der Waals surface area contributed by atoms with Crippen molar-refractivity contribution in [2.75, 3.05) is 70.2 Å². The zero-order valence-electron chi connectivity index (χ0n) is 18.3. The van der Waals surface area contributed by atoms with Crippen LogP contribution in [0.5, 0.6) is 0 Å². The third-order valence-electron chi connectivity index (χ3n) is 6.23. The van der Waals surface area contributed by atoms with Gasteiger partial charge in [0.2, 0.25) is 0 Å². The number of morpholine rings is 1. The molecule has 31 heavy (non-hydrogen) atoms. The van der Waals surface area contributed by atoms with E-state index in [4.69, 9.17) is 20.4 Å². The summed E-state index contributed by atoms with van der Waals surface area (Å²) in [6.07, 6.45) is 0. The van der Waals surface area contributed by atoms with Crippen LogP contribution in [0.4, 0.5) is 11.5 Å². The molecule has 2 aliphatic rings. The minimum Gasteiger partial charge on any atom is -0.398 e. The number of aryl methyl sites for hydroxylation is 1. The predicted octanol–water partition coefficient (Wildman–Crippen LogP) is 2.83. The normalized spacial score (nSPS) is 18.7. The Morgan fingerprint density at radius 1 is 1.03 bits per heavy atom. The zero-order chi connectivity index (χ0) is 21.4. The number of anilines is 2. The van der Waals surface area contributed by atoms with Gasteiger partial charge >= 0.3 is 0 Å². The Labute approximate surface area is 187 Å². The van der Waals surface area contributed by atoms with Crippen molar-refractivity contribution in [3.05, 3.63) is 34.7 Å². The Bertz CT molecular complexity index is 1070. The van der Waals surface area contributed by atoms with Crippen LogP contribution in [0.1, 0.15) is 10.4 Å². The summed E-state index contributed by atoms with van der Waals surface area (Å²) in [5.74, 6) is 1.77. The Balaban J connectivity index is 1.53. The maximum Gasteiger partial charge on any atom is 0.162 e. The van der Waals surface area contributed by atoms with E-state index in [0.29, 0.717) is 0 Å². The van der Waals surface area contributed by atoms with E-state index in [0.717, 1.165) is 93.0 Å². The van der Waals surface area contributed by atoms with Crippen LogP contribution in [0.25, 0.3) is 21.6 Å². The lowest BCUT2D eigenvalue weighted by Gasteiger charge is -2.31. The first-order valence-electron chi connectivity index (χ1n) is 11.0. The van der Waals surface area contributed by atoms with Crippen molar-refractivity contribution in [3.63, 3.8) is 0 Å². The van der Waals surface area contributed by atoms with Gasteiger partial charge in [-0.3, -0.25) is 4.90 Å². The van der Waals surface area contributed by atoms with Gasteiger partial charge in [0, 0.05) is 61.9 Å². The van der Waals surface area contributed by atoms with Gasteiger partial charge in [-0.05, 0) is 31.7 Å². The minimum absolute atomic E-state index is 0.734. The van der Waals surface area contributed by atoms with Crippen LogP contribution in [0.2, 0.25) is 0 Å². The van der Waals surface area contributed by atoms with Crippen molar-refractivity contribution >= 4 is 33.1 Å². The molecule has 1 aromatic carbocycles. The molecule has 2 saturated heterocycles.